The van der Waals surface area contributed by atoms with E-state index in [4.69, 9.17) is 0 Å². The Morgan fingerprint density at radius 1 is 0.867 bits per heavy atom. The molecule has 1 nitrogen and oxygen atoms in total. The third-order valence-electron chi connectivity index (χ3n) is 3.37. The average molecular weight is 198 g/mol. The van der Waals surface area contributed by atoms with Gasteiger partial charge in [0.2, 0.25) is 0 Å². The Labute approximate surface area is 89.4 Å². The van der Waals surface area contributed by atoms with Crippen molar-refractivity contribution in [1.29, 1.82) is 0 Å². The Morgan fingerprint density at radius 2 is 1.73 bits per heavy atom. The van der Waals surface area contributed by atoms with Crippen LogP contribution in [0.4, 0.5) is 0 Å². The lowest BCUT2D eigenvalue weighted by molar-refractivity contribution is 0.481. The van der Waals surface area contributed by atoms with Gasteiger partial charge in [0.25, 0.3) is 0 Å². The standard InChI is InChI=1S/C14H14O/c15-14-7-3-6-12-11-5-2-1-4-10(11)8-9-13(12)14/h3,6-9,15H,1-2,4-5H2. The smallest absolute Gasteiger partial charge is 0.123 e. The molecule has 2 aromatic carbocycles. The number of aromatic hydroxyl groups is 1. The second kappa shape index (κ2) is 3.27. The van der Waals surface area contributed by atoms with Crippen LogP contribution in [0, 0.1) is 0 Å². The number of benzene rings is 2. The topological polar surface area (TPSA) is 20.2 Å². The number of phenolic OH excluding ortho intramolecular Hbond substituents is 1. The highest BCUT2D eigenvalue weighted by atomic mass is 16.3. The molecule has 0 bridgehead atoms. The summed E-state index contributed by atoms with van der Waals surface area (Å²) in [7, 11) is 0. The largest absolute Gasteiger partial charge is 0.507 e. The zero-order chi connectivity index (χ0) is 10.3. The number of fused-ring (bicyclic) bond motifs is 3. The predicted octanol–water partition coefficient (Wildman–Crippen LogP) is 3.42. The molecule has 76 valence electrons. The van der Waals surface area contributed by atoms with E-state index >= 15 is 0 Å². The third-order valence-corrected chi connectivity index (χ3v) is 3.37. The minimum atomic E-state index is 0.404. The van der Waals surface area contributed by atoms with E-state index in [0.717, 1.165) is 11.8 Å². The molecule has 3 rings (SSSR count). The first-order valence-electron chi connectivity index (χ1n) is 5.59. The van der Waals surface area contributed by atoms with Crippen LogP contribution in [0.1, 0.15) is 24.0 Å². The summed E-state index contributed by atoms with van der Waals surface area (Å²) in [4.78, 5) is 0. The van der Waals surface area contributed by atoms with Crippen molar-refractivity contribution in [3.05, 3.63) is 41.5 Å². The van der Waals surface area contributed by atoms with E-state index in [2.05, 4.69) is 18.2 Å². The highest BCUT2D eigenvalue weighted by Crippen LogP contribution is 2.32. The lowest BCUT2D eigenvalue weighted by Crippen LogP contribution is -2.02. The van der Waals surface area contributed by atoms with Crippen LogP contribution in [0.5, 0.6) is 5.75 Å². The summed E-state index contributed by atoms with van der Waals surface area (Å²) >= 11 is 0. The maximum Gasteiger partial charge on any atom is 0.123 e. The fourth-order valence-corrected chi connectivity index (χ4v) is 2.60. The minimum Gasteiger partial charge on any atom is -0.507 e. The minimum absolute atomic E-state index is 0.404. The summed E-state index contributed by atoms with van der Waals surface area (Å²) in [5, 5.41) is 12.0. The fraction of sp³-hybridized carbons (Fsp3) is 0.286. The number of aryl methyl sites for hydroxylation is 2. The van der Waals surface area contributed by atoms with Crippen LogP contribution < -0.4 is 0 Å². The summed E-state index contributed by atoms with van der Waals surface area (Å²) in [6, 6.07) is 10.1. The van der Waals surface area contributed by atoms with Crippen molar-refractivity contribution < 1.29 is 5.11 Å². The molecule has 0 aromatic heterocycles. The summed E-state index contributed by atoms with van der Waals surface area (Å²) in [6.45, 7) is 0. The van der Waals surface area contributed by atoms with Gasteiger partial charge in [-0.15, -0.1) is 0 Å². The van der Waals surface area contributed by atoms with E-state index in [0.29, 0.717) is 5.75 Å². The molecule has 15 heavy (non-hydrogen) atoms. The van der Waals surface area contributed by atoms with E-state index in [1.807, 2.05) is 6.07 Å². The molecule has 0 spiro atoms. The van der Waals surface area contributed by atoms with Crippen molar-refractivity contribution in [2.24, 2.45) is 0 Å². The van der Waals surface area contributed by atoms with Crippen molar-refractivity contribution in [2.45, 2.75) is 25.7 Å². The molecule has 0 unspecified atom stereocenters. The van der Waals surface area contributed by atoms with E-state index in [1.54, 1.807) is 6.07 Å². The molecule has 0 saturated heterocycles. The zero-order valence-corrected chi connectivity index (χ0v) is 8.66. The number of hydrogen-bond donors (Lipinski definition) is 1. The van der Waals surface area contributed by atoms with E-state index < -0.39 is 0 Å². The van der Waals surface area contributed by atoms with Gasteiger partial charge in [0, 0.05) is 5.39 Å². The average Bonchev–Trinajstić information content (AvgIpc) is 2.29. The van der Waals surface area contributed by atoms with Crippen LogP contribution in [0.2, 0.25) is 0 Å². The summed E-state index contributed by atoms with van der Waals surface area (Å²) in [5.41, 5.74) is 2.92. The number of hydrogen-bond acceptors (Lipinski definition) is 1. The van der Waals surface area contributed by atoms with E-state index in [-0.39, 0.29) is 0 Å². The molecule has 1 aliphatic rings. The molecule has 1 N–H and O–H groups in total. The van der Waals surface area contributed by atoms with Crippen molar-refractivity contribution in [1.82, 2.24) is 0 Å². The highest BCUT2D eigenvalue weighted by Gasteiger charge is 2.12. The SMILES string of the molecule is Oc1cccc2c3c(ccc12)CCCC3. The number of phenols is 1. The van der Waals surface area contributed by atoms with Crippen molar-refractivity contribution in [3.63, 3.8) is 0 Å². The molecule has 0 fully saturated rings. The van der Waals surface area contributed by atoms with Gasteiger partial charge in [-0.1, -0.05) is 24.3 Å². The molecule has 1 aliphatic carbocycles. The summed E-state index contributed by atoms with van der Waals surface area (Å²) in [6.07, 6.45) is 4.94. The van der Waals surface area contributed by atoms with Crippen LogP contribution >= 0.6 is 0 Å². The highest BCUT2D eigenvalue weighted by molar-refractivity contribution is 5.91. The van der Waals surface area contributed by atoms with Crippen LogP contribution in [-0.2, 0) is 12.8 Å². The lowest BCUT2D eigenvalue weighted by Gasteiger charge is -2.18. The molecule has 2 aromatic rings. The molecule has 0 atom stereocenters. The Kier molecular flexibility index (Phi) is 1.91. The van der Waals surface area contributed by atoms with Crippen LogP contribution in [-0.4, -0.2) is 5.11 Å². The Morgan fingerprint density at radius 3 is 2.67 bits per heavy atom. The second-order valence-electron chi connectivity index (χ2n) is 4.28. The van der Waals surface area contributed by atoms with Gasteiger partial charge in [0.05, 0.1) is 0 Å². The normalized spacial score (nSPS) is 15.2. The molecular weight excluding hydrogens is 184 g/mol. The van der Waals surface area contributed by atoms with Gasteiger partial charge in [-0.05, 0) is 48.3 Å². The Balaban J connectivity index is 2.36. The second-order valence-corrected chi connectivity index (χ2v) is 4.28. The van der Waals surface area contributed by atoms with Crippen LogP contribution in [0.25, 0.3) is 10.8 Å². The maximum atomic E-state index is 9.77. The van der Waals surface area contributed by atoms with Crippen molar-refractivity contribution in [3.8, 4) is 5.75 Å². The van der Waals surface area contributed by atoms with Gasteiger partial charge in [-0.2, -0.15) is 0 Å². The van der Waals surface area contributed by atoms with Gasteiger partial charge in [-0.25, -0.2) is 0 Å². The van der Waals surface area contributed by atoms with Crippen molar-refractivity contribution in [2.75, 3.05) is 0 Å². The molecule has 0 heterocycles. The van der Waals surface area contributed by atoms with E-state index in [9.17, 15) is 5.11 Å². The number of rotatable bonds is 0. The molecular formula is C14H14O. The summed E-state index contributed by atoms with van der Waals surface area (Å²) in [5.74, 6) is 0.404. The van der Waals surface area contributed by atoms with Gasteiger partial charge in [-0.3, -0.25) is 0 Å². The Hall–Kier alpha value is -1.50. The molecule has 0 radical (unpaired) electrons. The van der Waals surface area contributed by atoms with Gasteiger partial charge >= 0.3 is 0 Å². The quantitative estimate of drug-likeness (QED) is 0.687. The van der Waals surface area contributed by atoms with E-state index in [1.165, 1.54) is 35.8 Å². The van der Waals surface area contributed by atoms with Crippen LogP contribution in [0.3, 0.4) is 0 Å². The third kappa shape index (κ3) is 1.30. The fourth-order valence-electron chi connectivity index (χ4n) is 2.60. The first-order chi connectivity index (χ1) is 7.36. The van der Waals surface area contributed by atoms with Crippen molar-refractivity contribution >= 4 is 10.8 Å². The predicted molar refractivity (Wildman–Crippen MR) is 62.3 cm³/mol. The molecule has 0 amide bonds. The molecule has 0 saturated carbocycles. The maximum absolute atomic E-state index is 9.77. The van der Waals surface area contributed by atoms with Gasteiger partial charge in [0.1, 0.15) is 5.75 Å². The summed E-state index contributed by atoms with van der Waals surface area (Å²) < 4.78 is 0. The molecule has 1 heteroatoms. The van der Waals surface area contributed by atoms with Crippen LogP contribution in [0.15, 0.2) is 30.3 Å². The first kappa shape index (κ1) is 8.78. The zero-order valence-electron chi connectivity index (χ0n) is 8.66. The van der Waals surface area contributed by atoms with Gasteiger partial charge < -0.3 is 5.11 Å². The monoisotopic (exact) mass is 198 g/mol. The lowest BCUT2D eigenvalue weighted by atomic mass is 9.87. The molecule has 0 aliphatic heterocycles. The van der Waals surface area contributed by atoms with Gasteiger partial charge in [0.15, 0.2) is 0 Å². The first-order valence-corrected chi connectivity index (χ1v) is 5.59. The Bertz CT molecular complexity index is 514.